The van der Waals surface area contributed by atoms with Crippen molar-refractivity contribution < 1.29 is 14.6 Å². The topological polar surface area (TPSA) is 49.8 Å². The Bertz CT molecular complexity index is 312. The Morgan fingerprint density at radius 3 is 2.93 bits per heavy atom. The molecule has 2 aliphatic carbocycles. The number of carboxylic acid groups (broad SMARTS) is 1. The van der Waals surface area contributed by atoms with Crippen molar-refractivity contribution in [2.24, 2.45) is 17.3 Å². The molecule has 0 amide bonds. The van der Waals surface area contributed by atoms with Crippen molar-refractivity contribution >= 4 is 5.97 Å². The second kappa shape index (κ2) is 2.40. The third-order valence-electron chi connectivity index (χ3n) is 4.25. The molecule has 0 aromatic heterocycles. The first kappa shape index (κ1) is 8.48. The first-order valence-corrected chi connectivity index (χ1v) is 5.19. The third-order valence-corrected chi connectivity index (χ3v) is 4.25. The van der Waals surface area contributed by atoms with E-state index in [4.69, 9.17) is 4.74 Å². The van der Waals surface area contributed by atoms with Crippen molar-refractivity contribution in [3.05, 3.63) is 12.7 Å². The van der Waals surface area contributed by atoms with E-state index in [1.807, 2.05) is 0 Å². The van der Waals surface area contributed by atoms with E-state index in [2.05, 4.69) is 6.58 Å². The standard InChI is InChI=1S/C11H14O3/c1-2-3-11(10(12)13)5-6-4-7(11)9-8(6)14-9/h2,6-9H,1,3-5H2,(H,12,13). The maximum atomic E-state index is 11.4. The highest BCUT2D eigenvalue weighted by atomic mass is 16.6. The molecule has 2 saturated carbocycles. The molecule has 1 saturated heterocycles. The summed E-state index contributed by atoms with van der Waals surface area (Å²) in [6, 6.07) is 0. The summed E-state index contributed by atoms with van der Waals surface area (Å²) in [6.07, 6.45) is 4.83. The number of hydrogen-bond donors (Lipinski definition) is 1. The van der Waals surface area contributed by atoms with Gasteiger partial charge >= 0.3 is 5.97 Å². The van der Waals surface area contributed by atoms with E-state index in [-0.39, 0.29) is 12.0 Å². The quantitative estimate of drug-likeness (QED) is 0.546. The van der Waals surface area contributed by atoms with Gasteiger partial charge in [-0.2, -0.15) is 0 Å². The largest absolute Gasteiger partial charge is 0.481 e. The lowest BCUT2D eigenvalue weighted by Gasteiger charge is -2.30. The van der Waals surface area contributed by atoms with E-state index >= 15 is 0 Å². The predicted octanol–water partition coefficient (Wildman–Crippen LogP) is 1.44. The minimum absolute atomic E-state index is 0.244. The SMILES string of the molecule is C=CCC1(C(=O)O)CC2CC1C1OC21. The summed E-state index contributed by atoms with van der Waals surface area (Å²) in [5.41, 5.74) is -0.552. The fourth-order valence-corrected chi connectivity index (χ4v) is 3.62. The summed E-state index contributed by atoms with van der Waals surface area (Å²) in [7, 11) is 0. The van der Waals surface area contributed by atoms with Crippen molar-refractivity contribution in [2.45, 2.75) is 31.5 Å². The molecule has 0 aromatic carbocycles. The van der Waals surface area contributed by atoms with Crippen LogP contribution >= 0.6 is 0 Å². The van der Waals surface area contributed by atoms with Gasteiger partial charge < -0.3 is 9.84 Å². The van der Waals surface area contributed by atoms with Crippen LogP contribution in [0.1, 0.15) is 19.3 Å². The number of carboxylic acids is 1. The molecular formula is C11H14O3. The third kappa shape index (κ3) is 0.793. The Hall–Kier alpha value is -0.830. The zero-order valence-corrected chi connectivity index (χ0v) is 7.98. The molecule has 3 fully saturated rings. The average molecular weight is 194 g/mol. The van der Waals surface area contributed by atoms with E-state index in [9.17, 15) is 9.90 Å². The lowest BCUT2D eigenvalue weighted by Crippen LogP contribution is -2.39. The number of fused-ring (bicyclic) bond motifs is 5. The molecule has 2 bridgehead atoms. The highest BCUT2D eigenvalue weighted by Crippen LogP contribution is 2.65. The van der Waals surface area contributed by atoms with Gasteiger partial charge in [-0.1, -0.05) is 6.08 Å². The first-order valence-electron chi connectivity index (χ1n) is 5.19. The normalized spacial score (nSPS) is 52.9. The van der Waals surface area contributed by atoms with Crippen molar-refractivity contribution in [3.8, 4) is 0 Å². The van der Waals surface area contributed by atoms with Crippen LogP contribution < -0.4 is 0 Å². The predicted molar refractivity (Wildman–Crippen MR) is 49.8 cm³/mol. The molecule has 3 aliphatic rings. The average Bonchev–Trinajstić information content (AvgIpc) is 2.76. The Morgan fingerprint density at radius 2 is 2.43 bits per heavy atom. The van der Waals surface area contributed by atoms with Crippen LogP contribution in [-0.2, 0) is 9.53 Å². The number of aliphatic carboxylic acids is 1. The molecule has 3 rings (SSSR count). The van der Waals surface area contributed by atoms with Crippen LogP contribution in [0.2, 0.25) is 0 Å². The highest BCUT2D eigenvalue weighted by molar-refractivity contribution is 5.76. The minimum atomic E-state index is -0.654. The number of rotatable bonds is 3. The van der Waals surface area contributed by atoms with Gasteiger partial charge in [0.05, 0.1) is 17.6 Å². The van der Waals surface area contributed by atoms with E-state index in [1.54, 1.807) is 6.08 Å². The fraction of sp³-hybridized carbons (Fsp3) is 0.727. The summed E-state index contributed by atoms with van der Waals surface area (Å²) in [6.45, 7) is 3.67. The number of allylic oxidation sites excluding steroid dienone is 1. The van der Waals surface area contributed by atoms with Gasteiger partial charge in [-0.05, 0) is 25.2 Å². The molecule has 3 nitrogen and oxygen atoms in total. The van der Waals surface area contributed by atoms with Crippen molar-refractivity contribution in [2.75, 3.05) is 0 Å². The van der Waals surface area contributed by atoms with E-state index < -0.39 is 11.4 Å². The molecule has 0 aromatic rings. The lowest BCUT2D eigenvalue weighted by atomic mass is 9.71. The van der Waals surface area contributed by atoms with Crippen LogP contribution in [0.4, 0.5) is 0 Å². The van der Waals surface area contributed by atoms with Gasteiger partial charge in [-0.25, -0.2) is 0 Å². The Labute approximate surface area is 82.8 Å². The van der Waals surface area contributed by atoms with E-state index in [0.717, 1.165) is 12.8 Å². The van der Waals surface area contributed by atoms with Gasteiger partial charge in [0.25, 0.3) is 0 Å². The molecule has 1 aliphatic heterocycles. The maximum absolute atomic E-state index is 11.4. The van der Waals surface area contributed by atoms with Crippen LogP contribution in [0.5, 0.6) is 0 Å². The van der Waals surface area contributed by atoms with Gasteiger partial charge in [-0.15, -0.1) is 6.58 Å². The molecule has 3 heteroatoms. The van der Waals surface area contributed by atoms with Gasteiger partial charge in [0, 0.05) is 5.92 Å². The Morgan fingerprint density at radius 1 is 1.64 bits per heavy atom. The summed E-state index contributed by atoms with van der Waals surface area (Å²) in [5, 5.41) is 9.35. The zero-order chi connectivity index (χ0) is 9.92. The van der Waals surface area contributed by atoms with E-state index in [1.165, 1.54) is 0 Å². The zero-order valence-electron chi connectivity index (χ0n) is 7.98. The number of ether oxygens (including phenoxy) is 1. The van der Waals surface area contributed by atoms with Crippen LogP contribution in [0.25, 0.3) is 0 Å². The van der Waals surface area contributed by atoms with Crippen molar-refractivity contribution in [1.29, 1.82) is 0 Å². The number of epoxide rings is 1. The lowest BCUT2D eigenvalue weighted by molar-refractivity contribution is -0.152. The molecule has 5 unspecified atom stereocenters. The smallest absolute Gasteiger partial charge is 0.310 e. The molecule has 76 valence electrons. The number of carbonyl (C=O) groups is 1. The van der Waals surface area contributed by atoms with Crippen molar-refractivity contribution in [3.63, 3.8) is 0 Å². The summed E-state index contributed by atoms with van der Waals surface area (Å²) < 4.78 is 5.49. The highest BCUT2D eigenvalue weighted by Gasteiger charge is 2.70. The second-order valence-electron chi connectivity index (χ2n) is 4.83. The van der Waals surface area contributed by atoms with Crippen LogP contribution in [0, 0.1) is 17.3 Å². The maximum Gasteiger partial charge on any atom is 0.310 e. The van der Waals surface area contributed by atoms with Gasteiger partial charge in [-0.3, -0.25) is 4.79 Å². The summed E-state index contributed by atoms with van der Waals surface area (Å²) in [4.78, 5) is 11.4. The molecule has 1 heterocycles. The van der Waals surface area contributed by atoms with E-state index in [0.29, 0.717) is 18.4 Å². The molecule has 0 spiro atoms. The van der Waals surface area contributed by atoms with Gasteiger partial charge in [0.2, 0.25) is 0 Å². The van der Waals surface area contributed by atoms with Crippen LogP contribution in [0.3, 0.4) is 0 Å². The Kier molecular flexibility index (Phi) is 1.45. The number of hydrogen-bond acceptors (Lipinski definition) is 2. The molecule has 14 heavy (non-hydrogen) atoms. The monoisotopic (exact) mass is 194 g/mol. The molecular weight excluding hydrogens is 180 g/mol. The van der Waals surface area contributed by atoms with Crippen molar-refractivity contribution in [1.82, 2.24) is 0 Å². The summed E-state index contributed by atoms with van der Waals surface area (Å²) in [5.74, 6) is 0.0906. The van der Waals surface area contributed by atoms with Crippen LogP contribution in [0.15, 0.2) is 12.7 Å². The molecule has 5 atom stereocenters. The van der Waals surface area contributed by atoms with Gasteiger partial charge in [0.15, 0.2) is 0 Å². The van der Waals surface area contributed by atoms with Gasteiger partial charge in [0.1, 0.15) is 0 Å². The molecule has 1 N–H and O–H groups in total. The Balaban J connectivity index is 1.94. The molecule has 0 radical (unpaired) electrons. The summed E-state index contributed by atoms with van der Waals surface area (Å²) >= 11 is 0. The van der Waals surface area contributed by atoms with Crippen LogP contribution in [-0.4, -0.2) is 23.3 Å². The minimum Gasteiger partial charge on any atom is -0.481 e. The second-order valence-corrected chi connectivity index (χ2v) is 4.83. The first-order chi connectivity index (χ1) is 6.69. The fourth-order valence-electron chi connectivity index (χ4n) is 3.62.